The summed E-state index contributed by atoms with van der Waals surface area (Å²) in [6.45, 7) is 1.34. The van der Waals surface area contributed by atoms with Gasteiger partial charge in [0, 0.05) is 24.0 Å². The number of halogens is 2. The number of hydrogen-bond donors (Lipinski definition) is 1. The second kappa shape index (κ2) is 8.90. The maximum atomic E-state index is 13.2. The molecule has 3 aromatic rings. The van der Waals surface area contributed by atoms with Crippen LogP contribution in [-0.4, -0.2) is 29.8 Å². The van der Waals surface area contributed by atoms with E-state index in [0.717, 1.165) is 6.42 Å². The highest BCUT2D eigenvalue weighted by molar-refractivity contribution is 6.36. The summed E-state index contributed by atoms with van der Waals surface area (Å²) in [7, 11) is 0. The lowest BCUT2D eigenvalue weighted by molar-refractivity contribution is 0.0792. The van der Waals surface area contributed by atoms with Crippen molar-refractivity contribution in [3.63, 3.8) is 0 Å². The zero-order valence-electron chi connectivity index (χ0n) is 16.1. The molecule has 6 heteroatoms. The Morgan fingerprint density at radius 3 is 2.43 bits per heavy atom. The van der Waals surface area contributed by atoms with Crippen molar-refractivity contribution in [1.29, 1.82) is 0 Å². The van der Waals surface area contributed by atoms with E-state index in [1.54, 1.807) is 36.4 Å². The van der Waals surface area contributed by atoms with Crippen molar-refractivity contribution in [2.24, 2.45) is 0 Å². The molecule has 30 heavy (non-hydrogen) atoms. The van der Waals surface area contributed by atoms with Gasteiger partial charge in [-0.3, -0.25) is 9.59 Å². The third-order valence-electron chi connectivity index (χ3n) is 5.33. The third kappa shape index (κ3) is 4.35. The van der Waals surface area contributed by atoms with Crippen LogP contribution in [0, 0.1) is 0 Å². The maximum Gasteiger partial charge on any atom is 0.257 e. The number of rotatable bonds is 4. The molecule has 3 aromatic carbocycles. The molecule has 4 rings (SSSR count). The number of benzene rings is 3. The highest BCUT2D eigenvalue weighted by Gasteiger charge is 2.29. The van der Waals surface area contributed by atoms with Crippen molar-refractivity contribution >= 4 is 40.7 Å². The quantitative estimate of drug-likeness (QED) is 0.552. The molecule has 1 aliphatic rings. The second-order valence-electron chi connectivity index (χ2n) is 7.27. The molecule has 0 aromatic heterocycles. The van der Waals surface area contributed by atoms with Gasteiger partial charge in [-0.15, -0.1) is 0 Å². The molecular formula is C24H20Cl2N2O2. The first kappa shape index (κ1) is 20.5. The van der Waals surface area contributed by atoms with Crippen LogP contribution in [0.4, 0.5) is 5.69 Å². The van der Waals surface area contributed by atoms with E-state index in [9.17, 15) is 9.59 Å². The number of nitrogens with one attached hydrogen (secondary N) is 1. The lowest BCUT2D eigenvalue weighted by atomic mass is 9.99. The molecule has 1 unspecified atom stereocenters. The Balaban J connectivity index is 1.52. The Labute approximate surface area is 185 Å². The van der Waals surface area contributed by atoms with E-state index >= 15 is 0 Å². The number of carbonyl (C=O) groups excluding carboxylic acids is 2. The highest BCUT2D eigenvalue weighted by atomic mass is 35.5. The number of likely N-dealkylation sites (tertiary alicyclic amines) is 1. The predicted octanol–water partition coefficient (Wildman–Crippen LogP) is 5.88. The summed E-state index contributed by atoms with van der Waals surface area (Å²) in [5, 5.41) is 3.52. The minimum Gasteiger partial charge on any atom is -0.338 e. The summed E-state index contributed by atoms with van der Waals surface area (Å²) in [6.07, 6.45) is 0.919. The first-order valence-corrected chi connectivity index (χ1v) is 10.5. The normalized spacial score (nSPS) is 15.8. The van der Waals surface area contributed by atoms with Crippen LogP contribution >= 0.6 is 23.2 Å². The zero-order valence-corrected chi connectivity index (χ0v) is 17.7. The van der Waals surface area contributed by atoms with E-state index in [1.165, 1.54) is 11.6 Å². The topological polar surface area (TPSA) is 49.4 Å². The van der Waals surface area contributed by atoms with E-state index in [4.69, 9.17) is 23.2 Å². The maximum absolute atomic E-state index is 13.2. The fourth-order valence-electron chi connectivity index (χ4n) is 3.75. The predicted molar refractivity (Wildman–Crippen MR) is 121 cm³/mol. The third-order valence-corrected chi connectivity index (χ3v) is 5.89. The molecule has 4 nitrogen and oxygen atoms in total. The van der Waals surface area contributed by atoms with Crippen LogP contribution in [0.25, 0.3) is 0 Å². The monoisotopic (exact) mass is 438 g/mol. The van der Waals surface area contributed by atoms with Gasteiger partial charge in [0.2, 0.25) is 0 Å². The second-order valence-corrected chi connectivity index (χ2v) is 8.11. The molecular weight excluding hydrogens is 419 g/mol. The van der Waals surface area contributed by atoms with E-state index in [-0.39, 0.29) is 11.5 Å². The van der Waals surface area contributed by atoms with Gasteiger partial charge < -0.3 is 10.2 Å². The van der Waals surface area contributed by atoms with Crippen molar-refractivity contribution in [3.05, 3.63) is 99.5 Å². The molecule has 1 atom stereocenters. The van der Waals surface area contributed by atoms with Gasteiger partial charge in [0.1, 0.15) is 0 Å². The summed E-state index contributed by atoms with van der Waals surface area (Å²) >= 11 is 12.1. The minimum absolute atomic E-state index is 0.0958. The van der Waals surface area contributed by atoms with Crippen LogP contribution < -0.4 is 5.32 Å². The van der Waals surface area contributed by atoms with Gasteiger partial charge in [0.25, 0.3) is 11.8 Å². The summed E-state index contributed by atoms with van der Waals surface area (Å²) in [5.74, 6) is -0.185. The van der Waals surface area contributed by atoms with Crippen LogP contribution in [-0.2, 0) is 0 Å². The smallest absolute Gasteiger partial charge is 0.257 e. The van der Waals surface area contributed by atoms with Gasteiger partial charge in [0.15, 0.2) is 0 Å². The Morgan fingerprint density at radius 1 is 0.900 bits per heavy atom. The summed E-state index contributed by atoms with van der Waals surface area (Å²) in [6, 6.07) is 21.9. The van der Waals surface area contributed by atoms with Crippen LogP contribution in [0.1, 0.15) is 38.6 Å². The van der Waals surface area contributed by atoms with Gasteiger partial charge >= 0.3 is 0 Å². The number of amides is 2. The van der Waals surface area contributed by atoms with Crippen LogP contribution in [0.15, 0.2) is 72.8 Å². The number of carbonyl (C=O) groups is 2. The molecule has 1 fully saturated rings. The molecule has 1 heterocycles. The number of anilines is 1. The largest absolute Gasteiger partial charge is 0.338 e. The average molecular weight is 439 g/mol. The lowest BCUT2D eigenvalue weighted by Crippen LogP contribution is -2.29. The number of hydrogen-bond acceptors (Lipinski definition) is 2. The molecule has 0 aliphatic carbocycles. The van der Waals surface area contributed by atoms with Gasteiger partial charge in [-0.2, -0.15) is 0 Å². The van der Waals surface area contributed by atoms with Crippen LogP contribution in [0.3, 0.4) is 0 Å². The molecule has 0 spiro atoms. The molecule has 2 amide bonds. The Kier molecular flexibility index (Phi) is 6.07. The van der Waals surface area contributed by atoms with Gasteiger partial charge in [-0.05, 0) is 42.3 Å². The average Bonchev–Trinajstić information content (AvgIpc) is 3.26. The fraction of sp³-hybridized carbons (Fsp3) is 0.167. The summed E-state index contributed by atoms with van der Waals surface area (Å²) < 4.78 is 0. The van der Waals surface area contributed by atoms with Crippen molar-refractivity contribution in [1.82, 2.24) is 4.90 Å². The Hall–Kier alpha value is -2.82. The molecule has 1 saturated heterocycles. The van der Waals surface area contributed by atoms with E-state index < -0.39 is 5.91 Å². The van der Waals surface area contributed by atoms with Crippen LogP contribution in [0.2, 0.25) is 10.0 Å². The van der Waals surface area contributed by atoms with Gasteiger partial charge in [-0.25, -0.2) is 0 Å². The highest BCUT2D eigenvalue weighted by Crippen LogP contribution is 2.29. The summed E-state index contributed by atoms with van der Waals surface area (Å²) in [4.78, 5) is 27.8. The number of nitrogens with zero attached hydrogens (tertiary/aromatic N) is 1. The lowest BCUT2D eigenvalue weighted by Gasteiger charge is -2.19. The molecule has 1 aliphatic heterocycles. The molecule has 1 N–H and O–H groups in total. The Bertz CT molecular complexity index is 1090. The van der Waals surface area contributed by atoms with Crippen molar-refractivity contribution in [3.8, 4) is 0 Å². The molecule has 0 bridgehead atoms. The number of para-hydroxylation sites is 1. The molecule has 0 saturated carbocycles. The molecule has 152 valence electrons. The standard InChI is InChI=1S/C24H20Cl2N2O2/c25-18-10-11-21(26)20(14-18)23(29)27-22-9-5-4-8-19(22)24(30)28-13-12-17(15-28)16-6-2-1-3-7-16/h1-11,14,17H,12-13,15H2,(H,27,29). The first-order valence-electron chi connectivity index (χ1n) is 9.72. The van der Waals surface area contributed by atoms with Crippen molar-refractivity contribution in [2.75, 3.05) is 18.4 Å². The van der Waals surface area contributed by atoms with Gasteiger partial charge in [0.05, 0.1) is 21.8 Å². The molecule has 0 radical (unpaired) electrons. The van der Waals surface area contributed by atoms with E-state index in [2.05, 4.69) is 17.4 Å². The van der Waals surface area contributed by atoms with Gasteiger partial charge in [-0.1, -0.05) is 65.7 Å². The zero-order chi connectivity index (χ0) is 21.1. The minimum atomic E-state index is -0.411. The SMILES string of the molecule is O=C(Nc1ccccc1C(=O)N1CCC(c2ccccc2)C1)c1cc(Cl)ccc1Cl. The van der Waals surface area contributed by atoms with Crippen molar-refractivity contribution < 1.29 is 9.59 Å². The van der Waals surface area contributed by atoms with E-state index in [0.29, 0.717) is 40.3 Å². The van der Waals surface area contributed by atoms with Crippen molar-refractivity contribution in [2.45, 2.75) is 12.3 Å². The summed E-state index contributed by atoms with van der Waals surface area (Å²) in [5.41, 5.74) is 2.41. The van der Waals surface area contributed by atoms with Crippen LogP contribution in [0.5, 0.6) is 0 Å². The first-order chi connectivity index (χ1) is 14.5. The Morgan fingerprint density at radius 2 is 1.63 bits per heavy atom. The fourth-order valence-corrected chi connectivity index (χ4v) is 4.13. The van der Waals surface area contributed by atoms with E-state index in [1.807, 2.05) is 23.1 Å².